The third kappa shape index (κ3) is 2.27. The van der Waals surface area contributed by atoms with E-state index < -0.39 is 0 Å². The highest BCUT2D eigenvalue weighted by molar-refractivity contribution is 5.29. The Labute approximate surface area is 97.1 Å². The molecular formula is C14H20FN. The molecule has 88 valence electrons. The van der Waals surface area contributed by atoms with E-state index in [0.29, 0.717) is 0 Å². The molecule has 1 fully saturated rings. The van der Waals surface area contributed by atoms with Crippen molar-refractivity contribution in [2.75, 3.05) is 13.1 Å². The van der Waals surface area contributed by atoms with Crippen LogP contribution < -0.4 is 5.32 Å². The molecule has 0 radical (unpaired) electrons. The van der Waals surface area contributed by atoms with Gasteiger partial charge in [0.1, 0.15) is 5.82 Å². The van der Waals surface area contributed by atoms with Crippen LogP contribution in [0.5, 0.6) is 0 Å². The molecule has 0 heterocycles. The summed E-state index contributed by atoms with van der Waals surface area (Å²) in [7, 11) is 0. The number of hydrogen-bond donors (Lipinski definition) is 1. The molecule has 1 aromatic carbocycles. The first-order valence-corrected chi connectivity index (χ1v) is 6.24. The summed E-state index contributed by atoms with van der Waals surface area (Å²) in [6, 6.07) is 7.11. The zero-order valence-electron chi connectivity index (χ0n) is 9.93. The van der Waals surface area contributed by atoms with Gasteiger partial charge in [-0.1, -0.05) is 25.5 Å². The average molecular weight is 221 g/mol. The van der Waals surface area contributed by atoms with Gasteiger partial charge in [0, 0.05) is 12.0 Å². The summed E-state index contributed by atoms with van der Waals surface area (Å²) in [6.45, 7) is 4.21. The van der Waals surface area contributed by atoms with E-state index in [9.17, 15) is 4.39 Å². The fourth-order valence-electron chi connectivity index (χ4n) is 2.49. The summed E-state index contributed by atoms with van der Waals surface area (Å²) in [5, 5.41) is 3.47. The van der Waals surface area contributed by atoms with Gasteiger partial charge < -0.3 is 5.32 Å². The molecule has 0 aliphatic heterocycles. The van der Waals surface area contributed by atoms with Crippen molar-refractivity contribution >= 4 is 0 Å². The number of benzene rings is 1. The van der Waals surface area contributed by atoms with Crippen molar-refractivity contribution in [2.24, 2.45) is 0 Å². The Bertz CT molecular complexity index is 344. The molecule has 0 spiro atoms. The highest BCUT2D eigenvalue weighted by atomic mass is 19.1. The molecule has 1 aliphatic rings. The minimum Gasteiger partial charge on any atom is -0.316 e. The molecule has 0 bridgehead atoms. The van der Waals surface area contributed by atoms with Crippen molar-refractivity contribution in [3.8, 4) is 0 Å². The molecule has 2 heteroatoms. The lowest BCUT2D eigenvalue weighted by molar-refractivity contribution is 0.233. The van der Waals surface area contributed by atoms with Crippen molar-refractivity contribution < 1.29 is 4.39 Å². The SMILES string of the molecule is CCCNCC1(c2cccc(F)c2)CCC1. The predicted octanol–water partition coefficient (Wildman–Crippen LogP) is 3.25. The second-order valence-electron chi connectivity index (χ2n) is 4.82. The van der Waals surface area contributed by atoms with Crippen molar-refractivity contribution in [1.82, 2.24) is 5.32 Å². The van der Waals surface area contributed by atoms with E-state index in [2.05, 4.69) is 18.3 Å². The maximum Gasteiger partial charge on any atom is 0.123 e. The standard InChI is InChI=1S/C14H20FN/c1-2-9-16-11-14(7-4-8-14)12-5-3-6-13(15)10-12/h3,5-6,10,16H,2,4,7-9,11H2,1H3. The van der Waals surface area contributed by atoms with Crippen LogP contribution in [-0.4, -0.2) is 13.1 Å². The summed E-state index contributed by atoms with van der Waals surface area (Å²) >= 11 is 0. The van der Waals surface area contributed by atoms with Gasteiger partial charge in [0.05, 0.1) is 0 Å². The van der Waals surface area contributed by atoms with Gasteiger partial charge in [-0.25, -0.2) is 4.39 Å². The first kappa shape index (κ1) is 11.6. The van der Waals surface area contributed by atoms with Crippen LogP contribution in [0.3, 0.4) is 0 Å². The van der Waals surface area contributed by atoms with Crippen LogP contribution in [0.2, 0.25) is 0 Å². The molecule has 1 aliphatic carbocycles. The van der Waals surface area contributed by atoms with E-state index >= 15 is 0 Å². The Morgan fingerprint density at radius 1 is 1.38 bits per heavy atom. The largest absolute Gasteiger partial charge is 0.316 e. The monoisotopic (exact) mass is 221 g/mol. The smallest absolute Gasteiger partial charge is 0.123 e. The highest BCUT2D eigenvalue weighted by Gasteiger charge is 2.38. The molecule has 1 N–H and O–H groups in total. The number of nitrogens with one attached hydrogen (secondary N) is 1. The van der Waals surface area contributed by atoms with E-state index in [-0.39, 0.29) is 11.2 Å². The number of rotatable bonds is 5. The maximum absolute atomic E-state index is 13.2. The predicted molar refractivity (Wildman–Crippen MR) is 65.1 cm³/mol. The molecular weight excluding hydrogens is 201 g/mol. The Morgan fingerprint density at radius 2 is 2.19 bits per heavy atom. The topological polar surface area (TPSA) is 12.0 Å². The van der Waals surface area contributed by atoms with Gasteiger partial charge in [0.15, 0.2) is 0 Å². The molecule has 0 saturated heterocycles. The normalized spacial score (nSPS) is 18.1. The van der Waals surface area contributed by atoms with Gasteiger partial charge in [-0.15, -0.1) is 0 Å². The molecule has 1 aromatic rings. The second-order valence-corrected chi connectivity index (χ2v) is 4.82. The minimum atomic E-state index is -0.112. The fourth-order valence-corrected chi connectivity index (χ4v) is 2.49. The van der Waals surface area contributed by atoms with Crippen LogP contribution in [0, 0.1) is 5.82 Å². The lowest BCUT2D eigenvalue weighted by Crippen LogP contribution is -2.44. The van der Waals surface area contributed by atoms with E-state index in [1.165, 1.54) is 30.9 Å². The van der Waals surface area contributed by atoms with E-state index in [1.807, 2.05) is 6.07 Å². The van der Waals surface area contributed by atoms with E-state index in [1.54, 1.807) is 6.07 Å². The van der Waals surface area contributed by atoms with E-state index in [0.717, 1.165) is 19.5 Å². The van der Waals surface area contributed by atoms with Crippen molar-refractivity contribution in [1.29, 1.82) is 0 Å². The fraction of sp³-hybridized carbons (Fsp3) is 0.571. The summed E-state index contributed by atoms with van der Waals surface area (Å²) in [5.74, 6) is -0.112. The van der Waals surface area contributed by atoms with Crippen molar-refractivity contribution in [3.63, 3.8) is 0 Å². The van der Waals surface area contributed by atoms with Gasteiger partial charge in [0.2, 0.25) is 0 Å². The third-order valence-corrected chi connectivity index (χ3v) is 3.64. The molecule has 0 atom stereocenters. The quantitative estimate of drug-likeness (QED) is 0.753. The minimum absolute atomic E-state index is 0.112. The first-order chi connectivity index (χ1) is 7.77. The van der Waals surface area contributed by atoms with Gasteiger partial charge in [-0.05, 0) is 43.5 Å². The Kier molecular flexibility index (Phi) is 3.59. The lowest BCUT2D eigenvalue weighted by Gasteiger charge is -2.42. The summed E-state index contributed by atoms with van der Waals surface area (Å²) in [4.78, 5) is 0. The van der Waals surface area contributed by atoms with Crippen LogP contribution in [0.25, 0.3) is 0 Å². The molecule has 16 heavy (non-hydrogen) atoms. The van der Waals surface area contributed by atoms with Crippen molar-refractivity contribution in [3.05, 3.63) is 35.6 Å². The van der Waals surface area contributed by atoms with E-state index in [4.69, 9.17) is 0 Å². The highest BCUT2D eigenvalue weighted by Crippen LogP contribution is 2.43. The number of halogens is 1. The van der Waals surface area contributed by atoms with Crippen LogP contribution in [0.15, 0.2) is 24.3 Å². The molecule has 0 unspecified atom stereocenters. The summed E-state index contributed by atoms with van der Waals surface area (Å²) in [6.07, 6.45) is 4.80. The first-order valence-electron chi connectivity index (χ1n) is 6.24. The van der Waals surface area contributed by atoms with Gasteiger partial charge >= 0.3 is 0 Å². The van der Waals surface area contributed by atoms with Gasteiger partial charge in [0.25, 0.3) is 0 Å². The third-order valence-electron chi connectivity index (χ3n) is 3.64. The summed E-state index contributed by atoms with van der Waals surface area (Å²) in [5.41, 5.74) is 1.37. The van der Waals surface area contributed by atoms with Crippen LogP contribution in [0.4, 0.5) is 4.39 Å². The second kappa shape index (κ2) is 4.96. The maximum atomic E-state index is 13.2. The van der Waals surface area contributed by atoms with Crippen LogP contribution >= 0.6 is 0 Å². The molecule has 0 aromatic heterocycles. The average Bonchev–Trinajstić information content (AvgIpc) is 2.22. The zero-order valence-corrected chi connectivity index (χ0v) is 9.93. The Morgan fingerprint density at radius 3 is 2.75 bits per heavy atom. The Balaban J connectivity index is 2.08. The lowest BCUT2D eigenvalue weighted by atomic mass is 9.64. The van der Waals surface area contributed by atoms with Gasteiger partial charge in [-0.2, -0.15) is 0 Å². The number of hydrogen-bond acceptors (Lipinski definition) is 1. The summed E-state index contributed by atoms with van der Waals surface area (Å²) < 4.78 is 13.2. The van der Waals surface area contributed by atoms with Gasteiger partial charge in [-0.3, -0.25) is 0 Å². The molecule has 1 nitrogen and oxygen atoms in total. The molecule has 0 amide bonds. The zero-order chi connectivity index (χ0) is 11.4. The van der Waals surface area contributed by atoms with Crippen molar-refractivity contribution in [2.45, 2.75) is 38.0 Å². The van der Waals surface area contributed by atoms with Crippen LogP contribution in [-0.2, 0) is 5.41 Å². The molecule has 2 rings (SSSR count). The molecule has 1 saturated carbocycles. The Hall–Kier alpha value is -0.890. The van der Waals surface area contributed by atoms with Crippen LogP contribution in [0.1, 0.15) is 38.2 Å².